The number of aromatic nitrogens is 1. The molecule has 2 aliphatic rings. The molecule has 10 heteroatoms. The summed E-state index contributed by atoms with van der Waals surface area (Å²) in [7, 11) is 0. The van der Waals surface area contributed by atoms with Gasteiger partial charge in [-0.25, -0.2) is 4.99 Å². The minimum absolute atomic E-state index is 0.352. The van der Waals surface area contributed by atoms with Crippen molar-refractivity contribution in [1.82, 2.24) is 9.99 Å². The zero-order valence-corrected chi connectivity index (χ0v) is 21.6. The maximum absolute atomic E-state index is 10.00. The summed E-state index contributed by atoms with van der Waals surface area (Å²) in [6.07, 6.45) is 9.72. The van der Waals surface area contributed by atoms with Crippen LogP contribution in [0.15, 0.2) is 97.9 Å². The molecule has 1 aromatic carbocycles. The Morgan fingerprint density at radius 2 is 1.89 bits per heavy atom. The molecular weight excluding hydrogens is 494 g/mol. The lowest BCUT2D eigenvalue weighted by molar-refractivity contribution is 0.416. The first-order valence-corrected chi connectivity index (χ1v) is 12.8. The van der Waals surface area contributed by atoms with Gasteiger partial charge in [-0.3, -0.25) is 9.99 Å². The zero-order chi connectivity index (χ0) is 25.5. The number of ether oxygens (including phenoxy) is 1. The number of pyridine rings is 1. The van der Waals surface area contributed by atoms with Crippen molar-refractivity contribution in [2.24, 2.45) is 15.1 Å². The van der Waals surface area contributed by atoms with E-state index in [-0.39, 0.29) is 0 Å². The SMILES string of the molecule is CC/C(Cl)=C\C=C(/C)C1=C(C#N)C(SC)=NC2=NC(Nc3ccc(Oc4ccncc4)cc3)=NN1C2. The number of nitrogens with zero attached hydrogens (tertiary/aromatic N) is 6. The molecule has 0 atom stereocenters. The van der Waals surface area contributed by atoms with E-state index >= 15 is 0 Å². The molecule has 0 saturated heterocycles. The molecule has 0 fully saturated rings. The lowest BCUT2D eigenvalue weighted by Gasteiger charge is -2.25. The van der Waals surface area contributed by atoms with Crippen molar-refractivity contribution in [3.05, 3.63) is 82.8 Å². The second-order valence-corrected chi connectivity index (χ2v) is 9.00. The second kappa shape index (κ2) is 11.7. The normalized spacial score (nSPS) is 16.0. The summed E-state index contributed by atoms with van der Waals surface area (Å²) in [5.41, 5.74) is 2.76. The molecule has 0 radical (unpaired) electrons. The zero-order valence-electron chi connectivity index (χ0n) is 20.1. The van der Waals surface area contributed by atoms with Crippen molar-refractivity contribution >= 4 is 45.9 Å². The van der Waals surface area contributed by atoms with Crippen molar-refractivity contribution in [2.45, 2.75) is 20.3 Å². The molecule has 0 spiro atoms. The number of aliphatic imine (C=N–C) groups is 2. The van der Waals surface area contributed by atoms with Gasteiger partial charge in [0.15, 0.2) is 5.84 Å². The van der Waals surface area contributed by atoms with Gasteiger partial charge in [-0.15, -0.1) is 16.9 Å². The summed E-state index contributed by atoms with van der Waals surface area (Å²) in [4.78, 5) is 13.2. The number of guanidine groups is 1. The van der Waals surface area contributed by atoms with Gasteiger partial charge in [0.1, 0.15) is 34.7 Å². The molecule has 8 nitrogen and oxygen atoms in total. The molecule has 1 aromatic heterocycles. The fraction of sp³-hybridized carbons (Fsp3) is 0.192. The number of halogens is 1. The number of rotatable bonds is 6. The van der Waals surface area contributed by atoms with E-state index < -0.39 is 0 Å². The monoisotopic (exact) mass is 517 g/mol. The van der Waals surface area contributed by atoms with Crippen LogP contribution >= 0.6 is 23.4 Å². The Morgan fingerprint density at radius 3 is 2.56 bits per heavy atom. The topological polar surface area (TPSA) is 98.3 Å². The fourth-order valence-electron chi connectivity index (χ4n) is 3.45. The number of hydrazone groups is 1. The van der Waals surface area contributed by atoms with Gasteiger partial charge < -0.3 is 10.1 Å². The highest BCUT2D eigenvalue weighted by atomic mass is 35.5. The molecule has 2 aromatic rings. The van der Waals surface area contributed by atoms with E-state index in [1.54, 1.807) is 29.5 Å². The van der Waals surface area contributed by atoms with E-state index in [4.69, 9.17) is 21.4 Å². The first-order valence-electron chi connectivity index (χ1n) is 11.2. The van der Waals surface area contributed by atoms with E-state index in [1.165, 1.54) is 11.8 Å². The molecule has 2 bridgehead atoms. The molecule has 0 amide bonds. The van der Waals surface area contributed by atoms with Crippen molar-refractivity contribution < 1.29 is 4.74 Å². The van der Waals surface area contributed by atoms with Crippen LogP contribution < -0.4 is 10.1 Å². The Balaban J connectivity index is 1.62. The number of anilines is 1. The van der Waals surface area contributed by atoms with Gasteiger partial charge in [-0.2, -0.15) is 10.3 Å². The smallest absolute Gasteiger partial charge is 0.246 e. The van der Waals surface area contributed by atoms with Crippen LogP contribution in [0.25, 0.3) is 0 Å². The largest absolute Gasteiger partial charge is 0.457 e. The number of nitriles is 1. The molecule has 36 heavy (non-hydrogen) atoms. The molecular formula is C26H24ClN7OS. The van der Waals surface area contributed by atoms with E-state index in [0.717, 1.165) is 22.7 Å². The minimum Gasteiger partial charge on any atom is -0.457 e. The highest BCUT2D eigenvalue weighted by molar-refractivity contribution is 8.13. The summed E-state index contributed by atoms with van der Waals surface area (Å²) in [5.74, 6) is 2.33. The van der Waals surface area contributed by atoms with Crippen LogP contribution in [-0.2, 0) is 0 Å². The average molecular weight is 518 g/mol. The number of allylic oxidation sites excluding steroid dienone is 4. The molecule has 0 unspecified atom stereocenters. The number of benzene rings is 1. The summed E-state index contributed by atoms with van der Waals surface area (Å²) < 4.78 is 5.83. The minimum atomic E-state index is 0.352. The lowest BCUT2D eigenvalue weighted by Crippen LogP contribution is -2.32. The molecule has 0 saturated carbocycles. The predicted molar refractivity (Wildman–Crippen MR) is 148 cm³/mol. The first-order chi connectivity index (χ1) is 17.5. The summed E-state index contributed by atoms with van der Waals surface area (Å²) in [6, 6.07) is 13.4. The van der Waals surface area contributed by atoms with Crippen molar-refractivity contribution in [3.8, 4) is 17.6 Å². The third-order valence-electron chi connectivity index (χ3n) is 5.21. The third kappa shape index (κ3) is 6.03. The third-order valence-corrected chi connectivity index (χ3v) is 6.28. The van der Waals surface area contributed by atoms with Crippen molar-refractivity contribution in [3.63, 3.8) is 0 Å². The Morgan fingerprint density at radius 1 is 1.17 bits per heavy atom. The molecule has 2 aliphatic heterocycles. The van der Waals surface area contributed by atoms with Crippen LogP contribution in [0.1, 0.15) is 20.3 Å². The summed E-state index contributed by atoms with van der Waals surface area (Å²) in [5, 5.41) is 21.0. The standard InChI is InChI=1S/C26H24ClN7OS/c1-4-18(27)6-5-17(2)24-22(15-28)25(36-3)31-23-16-34(24)33-26(32-23)30-19-7-9-20(10-8-19)35-21-11-13-29-14-12-21/h5-14H,4,16H2,1-3H3,(H,30,33)/b17-5+,18-6+. The van der Waals surface area contributed by atoms with Gasteiger partial charge in [0.25, 0.3) is 0 Å². The summed E-state index contributed by atoms with van der Waals surface area (Å²) >= 11 is 7.61. The van der Waals surface area contributed by atoms with Crippen LogP contribution in [0.5, 0.6) is 11.5 Å². The first kappa shape index (κ1) is 25.2. The van der Waals surface area contributed by atoms with E-state index in [9.17, 15) is 5.26 Å². The maximum Gasteiger partial charge on any atom is 0.246 e. The number of thioether (sulfide) groups is 1. The quantitative estimate of drug-likeness (QED) is 0.451. The Hall–Kier alpha value is -3.87. The summed E-state index contributed by atoms with van der Waals surface area (Å²) in [6.45, 7) is 4.27. The van der Waals surface area contributed by atoms with E-state index in [1.807, 2.05) is 56.5 Å². The van der Waals surface area contributed by atoms with Gasteiger partial charge in [0.2, 0.25) is 5.96 Å². The van der Waals surface area contributed by atoms with Crippen LogP contribution in [0.3, 0.4) is 0 Å². The van der Waals surface area contributed by atoms with Crippen LogP contribution in [0.2, 0.25) is 0 Å². The van der Waals surface area contributed by atoms with Crippen molar-refractivity contribution in [1.29, 1.82) is 5.26 Å². The number of fused-ring (bicyclic) bond motifs is 2. The molecule has 4 rings (SSSR count). The molecule has 0 aliphatic carbocycles. The molecule has 182 valence electrons. The maximum atomic E-state index is 10.00. The molecule has 1 N–H and O–H groups in total. The Labute approximate surface area is 219 Å². The van der Waals surface area contributed by atoms with Crippen LogP contribution in [0.4, 0.5) is 5.69 Å². The van der Waals surface area contributed by atoms with Gasteiger partial charge >= 0.3 is 0 Å². The van der Waals surface area contributed by atoms with E-state index in [2.05, 4.69) is 26.4 Å². The van der Waals surface area contributed by atoms with Crippen LogP contribution in [0, 0.1) is 11.3 Å². The number of hydrogen-bond acceptors (Lipinski definition) is 9. The van der Waals surface area contributed by atoms with E-state index in [0.29, 0.717) is 46.2 Å². The Kier molecular flexibility index (Phi) is 8.21. The van der Waals surface area contributed by atoms with Gasteiger partial charge in [-0.1, -0.05) is 24.6 Å². The fourth-order valence-corrected chi connectivity index (χ4v) is 4.05. The second-order valence-electron chi connectivity index (χ2n) is 7.72. The highest BCUT2D eigenvalue weighted by Crippen LogP contribution is 2.29. The number of amidine groups is 1. The lowest BCUT2D eigenvalue weighted by atomic mass is 10.1. The van der Waals surface area contributed by atoms with Crippen molar-refractivity contribution in [2.75, 3.05) is 18.1 Å². The van der Waals surface area contributed by atoms with Gasteiger partial charge in [0, 0.05) is 23.1 Å². The predicted octanol–water partition coefficient (Wildman–Crippen LogP) is 6.30. The van der Waals surface area contributed by atoms with Crippen LogP contribution in [-0.4, -0.2) is 39.6 Å². The highest BCUT2D eigenvalue weighted by Gasteiger charge is 2.28. The van der Waals surface area contributed by atoms with Gasteiger partial charge in [-0.05, 0) is 67.6 Å². The number of hydrogen-bond donors (Lipinski definition) is 1. The average Bonchev–Trinajstić information content (AvgIpc) is 3.01. The Bertz CT molecular complexity index is 1350. The molecule has 3 heterocycles. The van der Waals surface area contributed by atoms with Gasteiger partial charge in [0.05, 0.1) is 5.70 Å². The number of nitrogens with one attached hydrogen (secondary N) is 1.